The molecule has 18 heavy (non-hydrogen) atoms. The van der Waals surface area contributed by atoms with E-state index in [2.05, 4.69) is 9.47 Å². The minimum atomic E-state index is -4.57. The van der Waals surface area contributed by atoms with E-state index in [1.807, 2.05) is 50.2 Å². The molecule has 106 valence electrons. The lowest BCUT2D eigenvalue weighted by Gasteiger charge is -2.21. The zero-order valence-corrected chi connectivity index (χ0v) is 10.8. The average Bonchev–Trinajstić information content (AvgIpc) is 2.43. The Bertz CT molecular complexity index is 238. The summed E-state index contributed by atoms with van der Waals surface area (Å²) in [6.45, 7) is 4.00. The molecule has 0 fully saturated rings. The fraction of sp³-hybridized carbons (Fsp3) is 0.500. The molecule has 0 saturated carbocycles. The second-order valence-corrected chi connectivity index (χ2v) is 2.60. The highest BCUT2D eigenvalue weighted by atomic mass is 19.3. The third kappa shape index (κ3) is 7.24. The zero-order valence-electron chi connectivity index (χ0n) is 10.8. The minimum absolute atomic E-state index is 0.465. The summed E-state index contributed by atoms with van der Waals surface area (Å²) in [5.41, 5.74) is 0. The van der Waals surface area contributed by atoms with Crippen LogP contribution in [0.15, 0.2) is 36.4 Å². The van der Waals surface area contributed by atoms with E-state index in [-0.39, 0.29) is 0 Å². The topological polar surface area (TPSA) is 18.5 Å². The molecule has 1 rings (SSSR count). The van der Waals surface area contributed by atoms with Gasteiger partial charge in [0.05, 0.1) is 0 Å². The first kappa shape index (κ1) is 19.2. The van der Waals surface area contributed by atoms with Crippen LogP contribution in [0.1, 0.15) is 13.8 Å². The molecule has 0 aliphatic rings. The Labute approximate surface area is 105 Å². The molecule has 0 bridgehead atoms. The molecular formula is C12H18F4O2. The monoisotopic (exact) mass is 270 g/mol. The molecular weight excluding hydrogens is 252 g/mol. The van der Waals surface area contributed by atoms with Gasteiger partial charge in [-0.15, -0.1) is 0 Å². The summed E-state index contributed by atoms with van der Waals surface area (Å²) >= 11 is 0. The van der Waals surface area contributed by atoms with Crippen LogP contribution < -0.4 is 0 Å². The van der Waals surface area contributed by atoms with Gasteiger partial charge in [-0.2, -0.15) is 17.6 Å². The number of ether oxygens (including phenoxy) is 2. The molecule has 0 aliphatic carbocycles. The predicted octanol–water partition coefficient (Wildman–Crippen LogP) is 4.18. The van der Waals surface area contributed by atoms with Crippen molar-refractivity contribution in [2.24, 2.45) is 0 Å². The molecule has 0 radical (unpaired) electrons. The van der Waals surface area contributed by atoms with Crippen LogP contribution in [0, 0.1) is 0 Å². The Kier molecular flexibility index (Phi) is 10.5. The van der Waals surface area contributed by atoms with Crippen molar-refractivity contribution in [3.63, 3.8) is 0 Å². The van der Waals surface area contributed by atoms with Crippen molar-refractivity contribution >= 4 is 0 Å². The first-order valence-corrected chi connectivity index (χ1v) is 5.23. The van der Waals surface area contributed by atoms with E-state index in [0.29, 0.717) is 14.2 Å². The molecule has 0 spiro atoms. The lowest BCUT2D eigenvalue weighted by Crippen LogP contribution is -2.43. The van der Waals surface area contributed by atoms with E-state index in [1.54, 1.807) is 0 Å². The largest absolute Gasteiger partial charge is 0.448 e. The number of methoxy groups -OCH3 is 2. The lowest BCUT2D eigenvalue weighted by molar-refractivity contribution is -0.418. The fourth-order valence-electron chi connectivity index (χ4n) is 0.623. The van der Waals surface area contributed by atoms with Crippen molar-refractivity contribution in [1.82, 2.24) is 0 Å². The van der Waals surface area contributed by atoms with Gasteiger partial charge < -0.3 is 9.47 Å². The molecule has 0 heterocycles. The Morgan fingerprint density at radius 3 is 0.889 bits per heavy atom. The summed E-state index contributed by atoms with van der Waals surface area (Å²) in [6.07, 6.45) is -9.14. The molecule has 0 N–H and O–H groups in total. The van der Waals surface area contributed by atoms with Gasteiger partial charge >= 0.3 is 12.2 Å². The Morgan fingerprint density at radius 1 is 0.611 bits per heavy atom. The number of hydrogen-bond acceptors (Lipinski definition) is 2. The number of halogens is 4. The Balaban J connectivity index is 0. The third-order valence-electron chi connectivity index (χ3n) is 1.52. The molecule has 0 atom stereocenters. The molecule has 1 aromatic rings. The van der Waals surface area contributed by atoms with Gasteiger partial charge in [0.2, 0.25) is 0 Å². The number of rotatable bonds is 3. The normalized spacial score (nSPS) is 10.7. The summed E-state index contributed by atoms with van der Waals surface area (Å²) in [7, 11) is 0.930. The predicted molar refractivity (Wildman–Crippen MR) is 61.7 cm³/mol. The van der Waals surface area contributed by atoms with Gasteiger partial charge in [-0.1, -0.05) is 50.2 Å². The van der Waals surface area contributed by atoms with Crippen molar-refractivity contribution in [1.29, 1.82) is 0 Å². The highest BCUT2D eigenvalue weighted by Crippen LogP contribution is 2.34. The van der Waals surface area contributed by atoms with Crippen molar-refractivity contribution in [2.75, 3.05) is 14.2 Å². The molecule has 2 nitrogen and oxygen atoms in total. The maximum atomic E-state index is 11.8. The van der Waals surface area contributed by atoms with Crippen molar-refractivity contribution < 1.29 is 27.0 Å². The van der Waals surface area contributed by atoms with Gasteiger partial charge in [0.25, 0.3) is 0 Å². The zero-order chi connectivity index (χ0) is 14.7. The summed E-state index contributed by atoms with van der Waals surface area (Å²) in [5.74, 6) is 0. The summed E-state index contributed by atoms with van der Waals surface area (Å²) < 4.78 is 53.7. The summed E-state index contributed by atoms with van der Waals surface area (Å²) in [4.78, 5) is 0. The van der Waals surface area contributed by atoms with E-state index in [0.717, 1.165) is 0 Å². The molecule has 0 saturated heterocycles. The Hall–Kier alpha value is -1.14. The summed E-state index contributed by atoms with van der Waals surface area (Å²) in [5, 5.41) is 0. The molecule has 1 aromatic carbocycles. The standard InChI is InChI=1S/C6H6.C4H6F4O2.C2H6/c1-2-4-6-5-3-1;1-9-3(5,6)4(7,8)10-2;1-2/h1-6H;1-2H3;1-2H3. The van der Waals surface area contributed by atoms with Crippen LogP contribution in [-0.2, 0) is 9.47 Å². The van der Waals surface area contributed by atoms with Crippen molar-refractivity contribution in [3.05, 3.63) is 36.4 Å². The molecule has 0 amide bonds. The second kappa shape index (κ2) is 9.85. The number of hydrogen-bond donors (Lipinski definition) is 0. The van der Waals surface area contributed by atoms with Crippen LogP contribution in [0.25, 0.3) is 0 Å². The molecule has 6 heteroatoms. The van der Waals surface area contributed by atoms with Gasteiger partial charge in [0, 0.05) is 14.2 Å². The first-order valence-electron chi connectivity index (χ1n) is 5.23. The van der Waals surface area contributed by atoms with Crippen molar-refractivity contribution in [3.8, 4) is 0 Å². The van der Waals surface area contributed by atoms with Crippen LogP contribution in [0.5, 0.6) is 0 Å². The highest BCUT2D eigenvalue weighted by molar-refractivity contribution is 4.99. The second-order valence-electron chi connectivity index (χ2n) is 2.60. The van der Waals surface area contributed by atoms with Crippen molar-refractivity contribution in [2.45, 2.75) is 26.1 Å². The van der Waals surface area contributed by atoms with Gasteiger partial charge in [0.1, 0.15) is 0 Å². The van der Waals surface area contributed by atoms with Gasteiger partial charge in [-0.25, -0.2) is 0 Å². The number of alkyl halides is 4. The molecule has 0 unspecified atom stereocenters. The van der Waals surface area contributed by atoms with E-state index in [1.165, 1.54) is 0 Å². The average molecular weight is 270 g/mol. The lowest BCUT2D eigenvalue weighted by atomic mass is 10.4. The first-order chi connectivity index (χ1) is 8.37. The van der Waals surface area contributed by atoms with E-state index in [4.69, 9.17) is 0 Å². The smallest absolute Gasteiger partial charge is 0.317 e. The quantitative estimate of drug-likeness (QED) is 0.767. The fourth-order valence-corrected chi connectivity index (χ4v) is 0.623. The number of benzene rings is 1. The van der Waals surface area contributed by atoms with E-state index < -0.39 is 12.2 Å². The van der Waals surface area contributed by atoms with Crippen LogP contribution in [-0.4, -0.2) is 26.4 Å². The SMILES string of the molecule is CC.COC(F)(F)C(F)(F)OC.c1ccccc1. The maximum Gasteiger partial charge on any atom is 0.448 e. The van der Waals surface area contributed by atoms with Gasteiger partial charge in [-0.05, 0) is 0 Å². The van der Waals surface area contributed by atoms with Gasteiger partial charge in [-0.3, -0.25) is 0 Å². The van der Waals surface area contributed by atoms with Crippen LogP contribution in [0.3, 0.4) is 0 Å². The third-order valence-corrected chi connectivity index (χ3v) is 1.52. The highest BCUT2D eigenvalue weighted by Gasteiger charge is 2.58. The minimum Gasteiger partial charge on any atom is -0.317 e. The summed E-state index contributed by atoms with van der Waals surface area (Å²) in [6, 6.07) is 12.0. The van der Waals surface area contributed by atoms with Gasteiger partial charge in [0.15, 0.2) is 0 Å². The van der Waals surface area contributed by atoms with E-state index >= 15 is 0 Å². The molecule has 0 aromatic heterocycles. The van der Waals surface area contributed by atoms with Crippen LogP contribution >= 0.6 is 0 Å². The molecule has 0 aliphatic heterocycles. The van der Waals surface area contributed by atoms with Crippen LogP contribution in [0.4, 0.5) is 17.6 Å². The Morgan fingerprint density at radius 2 is 0.778 bits per heavy atom. The van der Waals surface area contributed by atoms with E-state index in [9.17, 15) is 17.6 Å². The van der Waals surface area contributed by atoms with Crippen LogP contribution in [0.2, 0.25) is 0 Å². The maximum absolute atomic E-state index is 11.8.